The van der Waals surface area contributed by atoms with Crippen LogP contribution in [0.2, 0.25) is 0 Å². The van der Waals surface area contributed by atoms with Gasteiger partial charge in [-0.25, -0.2) is 0 Å². The van der Waals surface area contributed by atoms with Crippen LogP contribution in [0, 0.1) is 18.8 Å². The molecule has 1 atom stereocenters. The van der Waals surface area contributed by atoms with Crippen LogP contribution >= 0.6 is 11.3 Å². The van der Waals surface area contributed by atoms with Crippen molar-refractivity contribution in [2.75, 3.05) is 13.1 Å². The Bertz CT molecular complexity index is 516. The molecule has 1 nitrogen and oxygen atoms in total. The molecule has 0 spiro atoms. The van der Waals surface area contributed by atoms with E-state index in [9.17, 15) is 0 Å². The predicted octanol–water partition coefficient (Wildman–Crippen LogP) is 4.70. The third-order valence-electron chi connectivity index (χ3n) is 3.86. The van der Waals surface area contributed by atoms with Crippen molar-refractivity contribution in [3.63, 3.8) is 0 Å². The molecule has 2 rings (SSSR count). The third kappa shape index (κ3) is 5.64. The first-order valence-electron chi connectivity index (χ1n) is 7.91. The zero-order valence-corrected chi connectivity index (χ0v) is 14.2. The molecule has 0 amide bonds. The molecule has 1 heterocycles. The summed E-state index contributed by atoms with van der Waals surface area (Å²) in [6, 6.07) is 11.0. The van der Waals surface area contributed by atoms with E-state index in [0.717, 1.165) is 19.5 Å². The summed E-state index contributed by atoms with van der Waals surface area (Å²) in [4.78, 5) is 0. The smallest absolute Gasteiger partial charge is 0.00140 e. The molecule has 1 unspecified atom stereocenters. The van der Waals surface area contributed by atoms with Gasteiger partial charge in [-0.15, -0.1) is 0 Å². The van der Waals surface area contributed by atoms with Crippen LogP contribution in [0.25, 0.3) is 0 Å². The Kier molecular flexibility index (Phi) is 6.47. The van der Waals surface area contributed by atoms with Crippen LogP contribution in [0.15, 0.2) is 41.1 Å². The van der Waals surface area contributed by atoms with Gasteiger partial charge in [-0.2, -0.15) is 11.3 Å². The highest BCUT2D eigenvalue weighted by atomic mass is 32.1. The highest BCUT2D eigenvalue weighted by Crippen LogP contribution is 2.18. The quantitative estimate of drug-likeness (QED) is 0.745. The summed E-state index contributed by atoms with van der Waals surface area (Å²) in [5.41, 5.74) is 4.38. The maximum Gasteiger partial charge on any atom is -0.00140 e. The van der Waals surface area contributed by atoms with Crippen LogP contribution in [0.5, 0.6) is 0 Å². The van der Waals surface area contributed by atoms with Gasteiger partial charge in [0.1, 0.15) is 0 Å². The summed E-state index contributed by atoms with van der Waals surface area (Å²) in [6.07, 6.45) is 2.33. The van der Waals surface area contributed by atoms with Crippen molar-refractivity contribution in [3.8, 4) is 0 Å². The number of rotatable bonds is 8. The molecule has 0 aliphatic rings. The molecule has 114 valence electrons. The first kappa shape index (κ1) is 16.3. The fourth-order valence-corrected chi connectivity index (χ4v) is 3.37. The standard InChI is InChI=1S/C19H27NS/c1-15(2)12-20-13-18(10-17-8-9-21-14-17)11-19-7-5-4-6-16(19)3/h4-9,14-15,18,20H,10-13H2,1-3H3. The molecule has 0 aliphatic heterocycles. The summed E-state index contributed by atoms with van der Waals surface area (Å²) >= 11 is 1.80. The van der Waals surface area contributed by atoms with Gasteiger partial charge in [0.15, 0.2) is 0 Å². The fraction of sp³-hybridized carbons (Fsp3) is 0.474. The minimum absolute atomic E-state index is 0.666. The van der Waals surface area contributed by atoms with Crippen LogP contribution in [-0.2, 0) is 12.8 Å². The number of thiophene rings is 1. The average Bonchev–Trinajstić information content (AvgIpc) is 2.93. The van der Waals surface area contributed by atoms with E-state index in [2.05, 4.69) is 67.2 Å². The Morgan fingerprint density at radius 3 is 2.52 bits per heavy atom. The first-order valence-corrected chi connectivity index (χ1v) is 8.85. The number of hydrogen-bond donors (Lipinski definition) is 1. The lowest BCUT2D eigenvalue weighted by Crippen LogP contribution is -2.28. The first-order chi connectivity index (χ1) is 10.1. The summed E-state index contributed by atoms with van der Waals surface area (Å²) in [6.45, 7) is 8.96. The molecule has 0 aliphatic carbocycles. The lowest BCUT2D eigenvalue weighted by atomic mass is 9.91. The molecule has 1 N–H and O–H groups in total. The summed E-state index contributed by atoms with van der Waals surface area (Å²) in [5, 5.41) is 8.11. The summed E-state index contributed by atoms with van der Waals surface area (Å²) in [7, 11) is 0. The van der Waals surface area contributed by atoms with Crippen LogP contribution in [0.4, 0.5) is 0 Å². The van der Waals surface area contributed by atoms with E-state index < -0.39 is 0 Å². The molecule has 0 fully saturated rings. The number of benzene rings is 1. The van der Waals surface area contributed by atoms with Gasteiger partial charge in [0.25, 0.3) is 0 Å². The van der Waals surface area contributed by atoms with Gasteiger partial charge in [0.2, 0.25) is 0 Å². The molecule has 0 saturated heterocycles. The normalized spacial score (nSPS) is 12.8. The van der Waals surface area contributed by atoms with Gasteiger partial charge in [-0.1, -0.05) is 38.1 Å². The predicted molar refractivity (Wildman–Crippen MR) is 94.1 cm³/mol. The Morgan fingerprint density at radius 1 is 1.05 bits per heavy atom. The monoisotopic (exact) mass is 301 g/mol. The van der Waals surface area contributed by atoms with Crippen molar-refractivity contribution in [3.05, 3.63) is 57.8 Å². The van der Waals surface area contributed by atoms with Crippen molar-refractivity contribution in [2.24, 2.45) is 11.8 Å². The van der Waals surface area contributed by atoms with Gasteiger partial charge >= 0.3 is 0 Å². The van der Waals surface area contributed by atoms with Crippen LogP contribution in [-0.4, -0.2) is 13.1 Å². The van der Waals surface area contributed by atoms with E-state index in [4.69, 9.17) is 0 Å². The summed E-state index contributed by atoms with van der Waals surface area (Å²) < 4.78 is 0. The van der Waals surface area contributed by atoms with E-state index in [-0.39, 0.29) is 0 Å². The van der Waals surface area contributed by atoms with Crippen molar-refractivity contribution >= 4 is 11.3 Å². The van der Waals surface area contributed by atoms with Crippen molar-refractivity contribution in [2.45, 2.75) is 33.6 Å². The Balaban J connectivity index is 1.98. The molecule has 2 heteroatoms. The third-order valence-corrected chi connectivity index (χ3v) is 4.59. The second kappa shape index (κ2) is 8.35. The van der Waals surface area contributed by atoms with Gasteiger partial charge < -0.3 is 5.32 Å². The lowest BCUT2D eigenvalue weighted by Gasteiger charge is -2.19. The van der Waals surface area contributed by atoms with Gasteiger partial charge in [-0.3, -0.25) is 0 Å². The minimum atomic E-state index is 0.666. The molecule has 2 aromatic rings. The molecule has 21 heavy (non-hydrogen) atoms. The molecule has 1 aromatic carbocycles. The molecule has 0 radical (unpaired) electrons. The van der Waals surface area contributed by atoms with Gasteiger partial charge in [0.05, 0.1) is 0 Å². The van der Waals surface area contributed by atoms with Crippen molar-refractivity contribution in [1.29, 1.82) is 0 Å². The van der Waals surface area contributed by atoms with E-state index in [1.165, 1.54) is 23.1 Å². The Hall–Kier alpha value is -1.12. The molecule has 0 bridgehead atoms. The number of hydrogen-bond acceptors (Lipinski definition) is 2. The van der Waals surface area contributed by atoms with E-state index in [0.29, 0.717) is 11.8 Å². The van der Waals surface area contributed by atoms with Gasteiger partial charge in [0, 0.05) is 0 Å². The number of nitrogens with one attached hydrogen (secondary N) is 1. The maximum atomic E-state index is 3.64. The molecular weight excluding hydrogens is 274 g/mol. The second-order valence-electron chi connectivity index (χ2n) is 6.38. The topological polar surface area (TPSA) is 12.0 Å². The molecule has 1 aromatic heterocycles. The van der Waals surface area contributed by atoms with Crippen LogP contribution in [0.3, 0.4) is 0 Å². The lowest BCUT2D eigenvalue weighted by molar-refractivity contribution is 0.445. The van der Waals surface area contributed by atoms with Crippen LogP contribution < -0.4 is 5.32 Å². The van der Waals surface area contributed by atoms with E-state index in [1.807, 2.05) is 0 Å². The highest BCUT2D eigenvalue weighted by Gasteiger charge is 2.12. The van der Waals surface area contributed by atoms with E-state index >= 15 is 0 Å². The largest absolute Gasteiger partial charge is 0.316 e. The highest BCUT2D eigenvalue weighted by molar-refractivity contribution is 7.07. The van der Waals surface area contributed by atoms with E-state index in [1.54, 1.807) is 11.3 Å². The number of aryl methyl sites for hydroxylation is 1. The zero-order valence-electron chi connectivity index (χ0n) is 13.4. The Morgan fingerprint density at radius 2 is 1.86 bits per heavy atom. The minimum Gasteiger partial charge on any atom is -0.316 e. The fourth-order valence-electron chi connectivity index (χ4n) is 2.68. The zero-order chi connectivity index (χ0) is 15.1. The van der Waals surface area contributed by atoms with Crippen molar-refractivity contribution in [1.82, 2.24) is 5.32 Å². The maximum absolute atomic E-state index is 3.64. The Labute approximate surface area is 133 Å². The van der Waals surface area contributed by atoms with Crippen molar-refractivity contribution < 1.29 is 0 Å². The molecule has 0 saturated carbocycles. The summed E-state index contributed by atoms with van der Waals surface area (Å²) in [5.74, 6) is 1.38. The average molecular weight is 301 g/mol. The second-order valence-corrected chi connectivity index (χ2v) is 7.16. The molecular formula is C19H27NS. The van der Waals surface area contributed by atoms with Crippen LogP contribution in [0.1, 0.15) is 30.5 Å². The van der Waals surface area contributed by atoms with Gasteiger partial charge in [-0.05, 0) is 78.2 Å². The SMILES string of the molecule is Cc1ccccc1CC(CNCC(C)C)Cc1ccsc1.